The van der Waals surface area contributed by atoms with Gasteiger partial charge in [0.1, 0.15) is 16.7 Å². The molecule has 0 bridgehead atoms. The average molecular weight is 215 g/mol. The Morgan fingerprint density at radius 1 is 1.33 bits per heavy atom. The highest BCUT2D eigenvalue weighted by molar-refractivity contribution is 7.98. The number of H-pyrrole nitrogens is 1. The van der Waals surface area contributed by atoms with E-state index >= 15 is 0 Å². The van der Waals surface area contributed by atoms with Gasteiger partial charge in [0.05, 0.1) is 5.69 Å². The molecule has 15 heavy (non-hydrogen) atoms. The normalized spacial score (nSPS) is 9.87. The molecular formula is C11H9N3S. The molecule has 0 saturated carbocycles. The van der Waals surface area contributed by atoms with Gasteiger partial charge in [-0.1, -0.05) is 30.3 Å². The van der Waals surface area contributed by atoms with Crippen molar-refractivity contribution in [3.05, 3.63) is 35.9 Å². The predicted octanol–water partition coefficient (Wildman–Crippen LogP) is 2.67. The number of hydrogen-bond donors (Lipinski definition) is 1. The van der Waals surface area contributed by atoms with Gasteiger partial charge < -0.3 is 0 Å². The number of aromatic amines is 1. The van der Waals surface area contributed by atoms with Gasteiger partial charge in [0.25, 0.3) is 0 Å². The van der Waals surface area contributed by atoms with Gasteiger partial charge in [-0.3, -0.25) is 5.10 Å². The Kier molecular flexibility index (Phi) is 2.75. The Labute approximate surface area is 92.1 Å². The van der Waals surface area contributed by atoms with Crippen molar-refractivity contribution in [3.63, 3.8) is 0 Å². The number of nitrogens with one attached hydrogen (secondary N) is 1. The van der Waals surface area contributed by atoms with Crippen LogP contribution in [0.3, 0.4) is 0 Å². The van der Waals surface area contributed by atoms with E-state index in [1.165, 1.54) is 11.8 Å². The van der Waals surface area contributed by atoms with Crippen LogP contribution in [0.2, 0.25) is 0 Å². The second-order valence-electron chi connectivity index (χ2n) is 2.96. The lowest BCUT2D eigenvalue weighted by Crippen LogP contribution is -1.81. The first-order chi connectivity index (χ1) is 7.36. The quantitative estimate of drug-likeness (QED) is 0.783. The monoisotopic (exact) mass is 215 g/mol. The molecule has 74 valence electrons. The topological polar surface area (TPSA) is 52.5 Å². The van der Waals surface area contributed by atoms with Crippen LogP contribution < -0.4 is 0 Å². The Morgan fingerprint density at radius 3 is 2.67 bits per heavy atom. The molecule has 1 aromatic carbocycles. The summed E-state index contributed by atoms with van der Waals surface area (Å²) in [6.07, 6.45) is 1.91. The van der Waals surface area contributed by atoms with Crippen LogP contribution in [0.4, 0.5) is 0 Å². The number of hydrogen-bond acceptors (Lipinski definition) is 3. The fraction of sp³-hybridized carbons (Fsp3) is 0.0909. The lowest BCUT2D eigenvalue weighted by atomic mass is 10.1. The molecule has 0 radical (unpaired) electrons. The lowest BCUT2D eigenvalue weighted by Gasteiger charge is -1.96. The van der Waals surface area contributed by atoms with Crippen molar-refractivity contribution in [3.8, 4) is 17.3 Å². The maximum atomic E-state index is 9.06. The average Bonchev–Trinajstić information content (AvgIpc) is 2.72. The first kappa shape index (κ1) is 9.81. The van der Waals surface area contributed by atoms with E-state index < -0.39 is 0 Å². The van der Waals surface area contributed by atoms with Gasteiger partial charge in [0.2, 0.25) is 0 Å². The van der Waals surface area contributed by atoms with Crippen LogP contribution in [-0.2, 0) is 0 Å². The number of nitrogens with zero attached hydrogens (tertiary/aromatic N) is 2. The van der Waals surface area contributed by atoms with E-state index in [1.54, 1.807) is 0 Å². The molecule has 4 heteroatoms. The highest BCUT2D eigenvalue weighted by Crippen LogP contribution is 2.27. The summed E-state index contributed by atoms with van der Waals surface area (Å²) in [4.78, 5) is 0. The van der Waals surface area contributed by atoms with Gasteiger partial charge in [-0.2, -0.15) is 10.4 Å². The molecule has 0 aliphatic carbocycles. The Bertz CT molecular complexity index is 496. The van der Waals surface area contributed by atoms with Crippen LogP contribution in [0.15, 0.2) is 35.4 Å². The van der Waals surface area contributed by atoms with E-state index in [9.17, 15) is 0 Å². The molecule has 0 atom stereocenters. The van der Waals surface area contributed by atoms with E-state index in [0.29, 0.717) is 5.56 Å². The first-order valence-corrected chi connectivity index (χ1v) is 5.67. The predicted molar refractivity (Wildman–Crippen MR) is 60.5 cm³/mol. The third kappa shape index (κ3) is 1.74. The maximum Gasteiger partial charge on any atom is 0.136 e. The zero-order valence-electron chi connectivity index (χ0n) is 8.19. The minimum absolute atomic E-state index is 0.619. The summed E-state index contributed by atoms with van der Waals surface area (Å²) in [6.45, 7) is 0. The van der Waals surface area contributed by atoms with Gasteiger partial charge >= 0.3 is 0 Å². The number of aromatic nitrogens is 2. The molecule has 2 aromatic rings. The third-order valence-electron chi connectivity index (χ3n) is 2.10. The van der Waals surface area contributed by atoms with Crippen LogP contribution in [-0.4, -0.2) is 16.5 Å². The standard InChI is InChI=1S/C11H9N3S/c1-15-11-9(7-12)10(13-14-11)8-5-3-2-4-6-8/h2-6H,1H3,(H,13,14). The fourth-order valence-corrected chi connectivity index (χ4v) is 1.88. The van der Waals surface area contributed by atoms with Crippen molar-refractivity contribution in [2.24, 2.45) is 0 Å². The second-order valence-corrected chi connectivity index (χ2v) is 3.76. The number of nitriles is 1. The Morgan fingerprint density at radius 2 is 2.07 bits per heavy atom. The highest BCUT2D eigenvalue weighted by atomic mass is 32.2. The minimum Gasteiger partial charge on any atom is -0.275 e. The second kappa shape index (κ2) is 4.20. The summed E-state index contributed by atoms with van der Waals surface area (Å²) in [5, 5.41) is 16.8. The van der Waals surface area contributed by atoms with E-state index in [1.807, 2.05) is 36.6 Å². The SMILES string of the molecule is CSc1n[nH]c(-c2ccccc2)c1C#N. The summed E-state index contributed by atoms with van der Waals surface area (Å²) in [5.41, 5.74) is 2.40. The zero-order valence-corrected chi connectivity index (χ0v) is 9.01. The molecular weight excluding hydrogens is 206 g/mol. The van der Waals surface area contributed by atoms with Gasteiger partial charge in [-0.25, -0.2) is 0 Å². The van der Waals surface area contributed by atoms with Gasteiger partial charge in [-0.05, 0) is 6.26 Å². The molecule has 0 amide bonds. The van der Waals surface area contributed by atoms with Gasteiger partial charge in [-0.15, -0.1) is 11.8 Å². The molecule has 0 aliphatic rings. The molecule has 3 nitrogen and oxygen atoms in total. The summed E-state index contributed by atoms with van der Waals surface area (Å²) >= 11 is 1.47. The van der Waals surface area contributed by atoms with Crippen molar-refractivity contribution in [1.82, 2.24) is 10.2 Å². The van der Waals surface area contributed by atoms with Crippen molar-refractivity contribution >= 4 is 11.8 Å². The molecule has 0 unspecified atom stereocenters. The third-order valence-corrected chi connectivity index (χ3v) is 2.78. The van der Waals surface area contributed by atoms with E-state index in [2.05, 4.69) is 16.3 Å². The van der Waals surface area contributed by atoms with Gasteiger partial charge in [0, 0.05) is 5.56 Å². The zero-order chi connectivity index (χ0) is 10.7. The molecule has 2 rings (SSSR count). The number of benzene rings is 1. The Balaban J connectivity index is 2.55. The number of thioether (sulfide) groups is 1. The molecule has 0 fully saturated rings. The highest BCUT2D eigenvalue weighted by Gasteiger charge is 2.12. The molecule has 1 aromatic heterocycles. The first-order valence-electron chi connectivity index (χ1n) is 4.44. The van der Waals surface area contributed by atoms with E-state index in [-0.39, 0.29) is 0 Å². The lowest BCUT2D eigenvalue weighted by molar-refractivity contribution is 1.01. The Hall–Kier alpha value is -1.73. The molecule has 0 spiro atoms. The van der Waals surface area contributed by atoms with Crippen LogP contribution in [0, 0.1) is 11.3 Å². The van der Waals surface area contributed by atoms with Crippen LogP contribution in [0.1, 0.15) is 5.56 Å². The van der Waals surface area contributed by atoms with Crippen LogP contribution in [0.5, 0.6) is 0 Å². The van der Waals surface area contributed by atoms with Crippen molar-refractivity contribution in [1.29, 1.82) is 5.26 Å². The van der Waals surface area contributed by atoms with Crippen molar-refractivity contribution in [2.45, 2.75) is 5.03 Å². The van der Waals surface area contributed by atoms with Gasteiger partial charge in [0.15, 0.2) is 0 Å². The largest absolute Gasteiger partial charge is 0.275 e. The van der Waals surface area contributed by atoms with Crippen LogP contribution >= 0.6 is 11.8 Å². The minimum atomic E-state index is 0.619. The summed E-state index contributed by atoms with van der Waals surface area (Å²) in [5.74, 6) is 0. The molecule has 0 aliphatic heterocycles. The van der Waals surface area contributed by atoms with Crippen molar-refractivity contribution < 1.29 is 0 Å². The fourth-order valence-electron chi connectivity index (χ4n) is 1.39. The molecule has 0 saturated heterocycles. The molecule has 1 N–H and O–H groups in total. The maximum absolute atomic E-state index is 9.06. The molecule has 1 heterocycles. The van der Waals surface area contributed by atoms with Crippen LogP contribution in [0.25, 0.3) is 11.3 Å². The van der Waals surface area contributed by atoms with E-state index in [4.69, 9.17) is 5.26 Å². The summed E-state index contributed by atoms with van der Waals surface area (Å²) in [7, 11) is 0. The smallest absolute Gasteiger partial charge is 0.136 e. The number of rotatable bonds is 2. The summed E-state index contributed by atoms with van der Waals surface area (Å²) < 4.78 is 0. The summed E-state index contributed by atoms with van der Waals surface area (Å²) in [6, 6.07) is 11.9. The van der Waals surface area contributed by atoms with E-state index in [0.717, 1.165) is 16.3 Å². The van der Waals surface area contributed by atoms with Crippen molar-refractivity contribution in [2.75, 3.05) is 6.26 Å².